The summed E-state index contributed by atoms with van der Waals surface area (Å²) in [5.41, 5.74) is -0.287. The van der Waals surface area contributed by atoms with E-state index < -0.39 is 12.8 Å². The standard InChI is InChI=1S/C8H8O2/c1-6-4-2-3-5-7(6)8(9)10/h2-5H,1H3,(H,9,10)/i1D3. The molecule has 0 heterocycles. The largest absolute Gasteiger partial charge is 0.478 e. The van der Waals surface area contributed by atoms with E-state index in [0.29, 0.717) is 0 Å². The normalized spacial score (nSPS) is 15.0. The third-order valence-corrected chi connectivity index (χ3v) is 1.16. The van der Waals surface area contributed by atoms with Gasteiger partial charge in [-0.3, -0.25) is 0 Å². The quantitative estimate of drug-likeness (QED) is 0.642. The van der Waals surface area contributed by atoms with E-state index in [0.717, 1.165) is 0 Å². The monoisotopic (exact) mass is 139 g/mol. The fourth-order valence-electron chi connectivity index (χ4n) is 0.670. The van der Waals surface area contributed by atoms with Crippen molar-refractivity contribution >= 4 is 5.97 Å². The maximum absolute atomic E-state index is 10.6. The van der Waals surface area contributed by atoms with Crippen LogP contribution < -0.4 is 0 Å². The first-order valence-corrected chi connectivity index (χ1v) is 2.76. The van der Waals surface area contributed by atoms with E-state index in [9.17, 15) is 4.79 Å². The summed E-state index contributed by atoms with van der Waals surface area (Å²) in [7, 11) is 0. The second kappa shape index (κ2) is 2.52. The average molecular weight is 139 g/mol. The molecule has 0 unspecified atom stereocenters. The van der Waals surface area contributed by atoms with Crippen molar-refractivity contribution in [1.82, 2.24) is 0 Å². The van der Waals surface area contributed by atoms with Crippen LogP contribution in [0.2, 0.25) is 0 Å². The van der Waals surface area contributed by atoms with E-state index >= 15 is 0 Å². The van der Waals surface area contributed by atoms with Crippen LogP contribution in [0.3, 0.4) is 0 Å². The van der Waals surface area contributed by atoms with Gasteiger partial charge in [0.2, 0.25) is 0 Å². The predicted octanol–water partition coefficient (Wildman–Crippen LogP) is 1.69. The molecule has 0 bridgehead atoms. The first kappa shape index (κ1) is 3.76. The maximum Gasteiger partial charge on any atom is 0.335 e. The smallest absolute Gasteiger partial charge is 0.335 e. The molecule has 2 heteroatoms. The highest BCUT2D eigenvalue weighted by Gasteiger charge is 2.02. The van der Waals surface area contributed by atoms with Crippen LogP contribution in [0.25, 0.3) is 0 Å². The van der Waals surface area contributed by atoms with Gasteiger partial charge in [-0.25, -0.2) is 4.79 Å². The summed E-state index contributed by atoms with van der Waals surface area (Å²) in [6.45, 7) is -2.37. The van der Waals surface area contributed by atoms with Gasteiger partial charge in [0.25, 0.3) is 0 Å². The van der Waals surface area contributed by atoms with E-state index in [4.69, 9.17) is 9.22 Å². The predicted molar refractivity (Wildman–Crippen MR) is 38.1 cm³/mol. The third kappa shape index (κ3) is 1.16. The van der Waals surface area contributed by atoms with Crippen molar-refractivity contribution in [2.45, 2.75) is 6.85 Å². The molecule has 0 aliphatic carbocycles. The molecule has 1 rings (SSSR count). The van der Waals surface area contributed by atoms with Crippen molar-refractivity contribution in [1.29, 1.82) is 0 Å². The van der Waals surface area contributed by atoms with Crippen molar-refractivity contribution in [3.05, 3.63) is 35.4 Å². The fraction of sp³-hybridized carbons (Fsp3) is 0.125. The van der Waals surface area contributed by atoms with Crippen LogP contribution in [-0.4, -0.2) is 11.1 Å². The summed E-state index contributed by atoms with van der Waals surface area (Å²) in [6.07, 6.45) is 0. The van der Waals surface area contributed by atoms with Crippen LogP contribution in [0.4, 0.5) is 0 Å². The molecular weight excluding hydrogens is 128 g/mol. The van der Waals surface area contributed by atoms with E-state index in [1.807, 2.05) is 0 Å². The zero-order valence-corrected chi connectivity index (χ0v) is 5.16. The molecule has 1 aromatic carbocycles. The number of hydrogen-bond donors (Lipinski definition) is 1. The first-order valence-electron chi connectivity index (χ1n) is 4.26. The number of hydrogen-bond acceptors (Lipinski definition) is 1. The lowest BCUT2D eigenvalue weighted by molar-refractivity contribution is 0.0696. The van der Waals surface area contributed by atoms with Crippen molar-refractivity contribution in [2.75, 3.05) is 0 Å². The molecule has 0 saturated heterocycles. The van der Waals surface area contributed by atoms with Gasteiger partial charge in [0.05, 0.1) is 5.56 Å². The van der Waals surface area contributed by atoms with Crippen molar-refractivity contribution in [2.24, 2.45) is 0 Å². The Hall–Kier alpha value is -1.31. The Kier molecular flexibility index (Phi) is 0.947. The van der Waals surface area contributed by atoms with Gasteiger partial charge in [0.1, 0.15) is 0 Å². The molecule has 0 fully saturated rings. The third-order valence-electron chi connectivity index (χ3n) is 1.16. The molecular formula is C8H8O2. The lowest BCUT2D eigenvalue weighted by atomic mass is 10.1. The van der Waals surface area contributed by atoms with Crippen molar-refractivity contribution < 1.29 is 14.0 Å². The fourth-order valence-corrected chi connectivity index (χ4v) is 0.670. The minimum absolute atomic E-state index is 0.123. The Balaban J connectivity index is 3.28. The molecule has 0 aliphatic heterocycles. The zero-order chi connectivity index (χ0) is 10.1. The summed E-state index contributed by atoms with van der Waals surface area (Å²) in [5.74, 6) is -1.22. The van der Waals surface area contributed by atoms with Crippen LogP contribution in [0.1, 0.15) is 20.0 Å². The Bertz CT molecular complexity index is 330. The number of aromatic carboxylic acids is 1. The number of aryl methyl sites for hydroxylation is 1. The highest BCUT2D eigenvalue weighted by atomic mass is 16.4. The lowest BCUT2D eigenvalue weighted by Crippen LogP contribution is -1.97. The van der Waals surface area contributed by atoms with Crippen molar-refractivity contribution in [3.63, 3.8) is 0 Å². The highest BCUT2D eigenvalue weighted by Crippen LogP contribution is 2.05. The van der Waals surface area contributed by atoms with E-state index in [-0.39, 0.29) is 11.1 Å². The van der Waals surface area contributed by atoms with Crippen LogP contribution in [0.15, 0.2) is 24.3 Å². The van der Waals surface area contributed by atoms with E-state index in [1.165, 1.54) is 24.3 Å². The van der Waals surface area contributed by atoms with Crippen LogP contribution in [0.5, 0.6) is 0 Å². The van der Waals surface area contributed by atoms with Gasteiger partial charge in [-0.15, -0.1) is 0 Å². The van der Waals surface area contributed by atoms with Gasteiger partial charge in [-0.1, -0.05) is 18.2 Å². The minimum atomic E-state index is -2.37. The molecule has 0 radical (unpaired) electrons. The summed E-state index contributed by atoms with van der Waals surface area (Å²) < 4.78 is 21.2. The number of rotatable bonds is 1. The molecule has 1 aromatic rings. The molecule has 0 amide bonds. The molecule has 0 spiro atoms. The maximum atomic E-state index is 10.6. The first-order chi connectivity index (χ1) is 5.93. The Morgan fingerprint density at radius 2 is 2.30 bits per heavy atom. The number of carbonyl (C=O) groups is 1. The van der Waals surface area contributed by atoms with Crippen molar-refractivity contribution in [3.8, 4) is 0 Å². The van der Waals surface area contributed by atoms with Crippen LogP contribution in [-0.2, 0) is 0 Å². The number of carboxylic acid groups (broad SMARTS) is 1. The Morgan fingerprint density at radius 1 is 1.60 bits per heavy atom. The molecule has 0 saturated carbocycles. The van der Waals surface area contributed by atoms with Gasteiger partial charge < -0.3 is 5.11 Å². The molecule has 0 aliphatic rings. The van der Waals surface area contributed by atoms with Gasteiger partial charge in [0, 0.05) is 4.11 Å². The van der Waals surface area contributed by atoms with Gasteiger partial charge in [-0.2, -0.15) is 0 Å². The average Bonchev–Trinajstić information content (AvgIpc) is 2.03. The second-order valence-corrected chi connectivity index (χ2v) is 1.85. The molecule has 10 heavy (non-hydrogen) atoms. The molecule has 1 N–H and O–H groups in total. The lowest BCUT2D eigenvalue weighted by Gasteiger charge is -1.96. The molecule has 0 aromatic heterocycles. The SMILES string of the molecule is [2H]C([2H])([2H])c1ccccc1C(=O)O. The van der Waals surface area contributed by atoms with Gasteiger partial charge in [-0.05, 0) is 18.5 Å². The zero-order valence-electron chi connectivity index (χ0n) is 8.16. The van der Waals surface area contributed by atoms with E-state index in [2.05, 4.69) is 0 Å². The molecule has 0 atom stereocenters. The summed E-state index contributed by atoms with van der Waals surface area (Å²) in [4.78, 5) is 10.6. The van der Waals surface area contributed by atoms with E-state index in [1.54, 1.807) is 0 Å². The second-order valence-electron chi connectivity index (χ2n) is 1.85. The van der Waals surface area contributed by atoms with Gasteiger partial charge >= 0.3 is 5.97 Å². The highest BCUT2D eigenvalue weighted by molar-refractivity contribution is 5.89. The van der Waals surface area contributed by atoms with Crippen LogP contribution >= 0.6 is 0 Å². The Labute approximate surface area is 63.3 Å². The Morgan fingerprint density at radius 3 is 2.80 bits per heavy atom. The number of carboxylic acids is 1. The number of benzene rings is 1. The topological polar surface area (TPSA) is 37.3 Å². The molecule has 52 valence electrons. The van der Waals surface area contributed by atoms with Crippen LogP contribution in [0, 0.1) is 6.85 Å². The van der Waals surface area contributed by atoms with Gasteiger partial charge in [0.15, 0.2) is 0 Å². The summed E-state index contributed by atoms with van der Waals surface area (Å²) in [6, 6.07) is 5.59. The summed E-state index contributed by atoms with van der Waals surface area (Å²) in [5, 5.41) is 8.68. The minimum Gasteiger partial charge on any atom is -0.478 e. The molecule has 2 nitrogen and oxygen atoms in total. The summed E-state index contributed by atoms with van der Waals surface area (Å²) >= 11 is 0.